The Morgan fingerprint density at radius 3 is 2.53 bits per heavy atom. The van der Waals surface area contributed by atoms with Crippen molar-refractivity contribution in [1.82, 2.24) is 9.97 Å². The van der Waals surface area contributed by atoms with Crippen molar-refractivity contribution in [1.29, 1.82) is 0 Å². The molecule has 2 heterocycles. The van der Waals surface area contributed by atoms with E-state index in [-0.39, 0.29) is 11.4 Å². The average Bonchev–Trinajstić information content (AvgIpc) is 3.20. The lowest BCUT2D eigenvalue weighted by Gasteiger charge is -2.23. The normalized spacial score (nSPS) is 11.6. The molecule has 2 aromatic heterocycles. The number of ether oxygens (including phenoxy) is 1. The monoisotopic (exact) mass is 493 g/mol. The molecule has 0 bridgehead atoms. The van der Waals surface area contributed by atoms with Gasteiger partial charge in [0, 0.05) is 18.8 Å². The molecule has 0 aliphatic rings. The number of anilines is 1. The summed E-state index contributed by atoms with van der Waals surface area (Å²) < 4.78 is 4.80. The maximum Gasteiger partial charge on any atom is 0.348 e. The summed E-state index contributed by atoms with van der Waals surface area (Å²) in [6.07, 6.45) is 1.75. The van der Waals surface area contributed by atoms with Gasteiger partial charge in [-0.05, 0) is 48.7 Å². The van der Waals surface area contributed by atoms with Gasteiger partial charge in [0.2, 0.25) is 0 Å². The number of hydrogen-bond donors (Lipinski definition) is 1. The lowest BCUT2D eigenvalue weighted by Crippen LogP contribution is -2.21. The van der Waals surface area contributed by atoms with Gasteiger partial charge >= 0.3 is 5.97 Å². The third-order valence-electron chi connectivity index (χ3n) is 5.55. The summed E-state index contributed by atoms with van der Waals surface area (Å²) in [7, 11) is 1.31. The van der Waals surface area contributed by atoms with Crippen molar-refractivity contribution in [2.75, 3.05) is 18.6 Å². The molecule has 0 unspecified atom stereocenters. The summed E-state index contributed by atoms with van der Waals surface area (Å²) in [5.41, 5.74) is 3.45. The molecule has 0 saturated carbocycles. The Hall–Kier alpha value is -3.42. The predicted octanol–water partition coefficient (Wildman–Crippen LogP) is 5.84. The molecule has 0 fully saturated rings. The molecule has 6 nitrogen and oxygen atoms in total. The van der Waals surface area contributed by atoms with Crippen molar-refractivity contribution in [2.24, 2.45) is 0 Å². The molecular formula is C26H24ClN3O3S. The van der Waals surface area contributed by atoms with E-state index in [1.54, 1.807) is 13.0 Å². The number of methoxy groups -OCH3 is 1. The number of aromatic nitrogens is 2. The highest BCUT2D eigenvalue weighted by Gasteiger charge is 2.20. The van der Waals surface area contributed by atoms with E-state index in [4.69, 9.17) is 16.3 Å². The number of esters is 1. The number of nitrogens with one attached hydrogen (secondary N) is 1. The topological polar surface area (TPSA) is 75.3 Å². The first-order valence-electron chi connectivity index (χ1n) is 10.8. The second-order valence-electron chi connectivity index (χ2n) is 7.73. The maximum absolute atomic E-state index is 12.7. The predicted molar refractivity (Wildman–Crippen MR) is 140 cm³/mol. The van der Waals surface area contributed by atoms with Crippen LogP contribution in [0.2, 0.25) is 0 Å². The number of carbonyl (C=O) groups excluding carboxylic acids is 1. The zero-order chi connectivity index (χ0) is 24.2. The van der Waals surface area contributed by atoms with Gasteiger partial charge in [-0.3, -0.25) is 4.79 Å². The fourth-order valence-electron chi connectivity index (χ4n) is 3.73. The molecule has 0 atom stereocenters. The van der Waals surface area contributed by atoms with E-state index in [9.17, 15) is 9.59 Å². The van der Waals surface area contributed by atoms with Crippen LogP contribution in [0.5, 0.6) is 0 Å². The van der Waals surface area contributed by atoms with Crippen LogP contribution in [0.25, 0.3) is 21.3 Å². The lowest BCUT2D eigenvalue weighted by atomic mass is 10.1. The molecule has 0 aliphatic carbocycles. The summed E-state index contributed by atoms with van der Waals surface area (Å²) in [5.74, 6) is -0.239. The number of hydrogen-bond acceptors (Lipinski definition) is 6. The van der Waals surface area contributed by atoms with Crippen LogP contribution in [0.3, 0.4) is 0 Å². The first-order valence-corrected chi connectivity index (χ1v) is 12.0. The molecule has 2 aromatic carbocycles. The lowest BCUT2D eigenvalue weighted by molar-refractivity contribution is 0.0605. The average molecular weight is 494 g/mol. The fourth-order valence-corrected chi connectivity index (χ4v) is 5.05. The summed E-state index contributed by atoms with van der Waals surface area (Å²) in [5, 5.41) is 0.676. The molecule has 0 radical (unpaired) electrons. The number of benzene rings is 2. The van der Waals surface area contributed by atoms with Crippen molar-refractivity contribution in [3.8, 4) is 0 Å². The van der Waals surface area contributed by atoms with E-state index < -0.39 is 5.97 Å². The quantitative estimate of drug-likeness (QED) is 0.327. The number of aryl methyl sites for hydroxylation is 1. The van der Waals surface area contributed by atoms with E-state index in [0.717, 1.165) is 35.7 Å². The second-order valence-corrected chi connectivity index (χ2v) is 9.13. The molecule has 174 valence electrons. The molecule has 0 aliphatic heterocycles. The van der Waals surface area contributed by atoms with Gasteiger partial charge in [-0.15, -0.1) is 11.3 Å². The van der Waals surface area contributed by atoms with Crippen LogP contribution in [-0.2, 0) is 11.3 Å². The minimum absolute atomic E-state index is 0.250. The summed E-state index contributed by atoms with van der Waals surface area (Å²) in [6.45, 7) is 5.54. The fraction of sp³-hybridized carbons (Fsp3) is 0.192. The highest BCUT2D eigenvalue weighted by molar-refractivity contribution is 7.20. The standard InChI is InChI=1S/C26H24ClN3O3S/c1-4-30(15-18-8-6-5-7-9-18)19-12-10-17(11-13-19)14-20(27)23-28-24(31)21-16(2)22(26(32)33-3)34-25(21)29-23/h5-14H,4,15H2,1-3H3,(H,28,29,31)/b20-14-. The van der Waals surface area contributed by atoms with Gasteiger partial charge in [0.1, 0.15) is 9.71 Å². The molecule has 1 N–H and O–H groups in total. The molecule has 0 amide bonds. The minimum Gasteiger partial charge on any atom is -0.465 e. The molecule has 0 saturated heterocycles. The Bertz CT molecular complexity index is 1410. The number of fused-ring (bicyclic) bond motifs is 1. The molecule has 4 rings (SSSR count). The van der Waals surface area contributed by atoms with E-state index in [2.05, 4.69) is 33.9 Å². The molecule has 8 heteroatoms. The number of thiophene rings is 1. The molecule has 0 spiro atoms. The van der Waals surface area contributed by atoms with Crippen LogP contribution in [0, 0.1) is 6.92 Å². The first kappa shape index (κ1) is 23.7. The van der Waals surface area contributed by atoms with Crippen LogP contribution in [0.4, 0.5) is 5.69 Å². The Morgan fingerprint density at radius 1 is 1.18 bits per heavy atom. The van der Waals surface area contributed by atoms with Gasteiger partial charge in [-0.1, -0.05) is 54.1 Å². The Balaban J connectivity index is 1.59. The SMILES string of the molecule is CCN(Cc1ccccc1)c1ccc(/C=C(\Cl)c2nc3sc(C(=O)OC)c(C)c3c(=O)[nH]2)cc1. The van der Waals surface area contributed by atoms with Crippen LogP contribution < -0.4 is 10.5 Å². The zero-order valence-electron chi connectivity index (χ0n) is 19.1. The van der Waals surface area contributed by atoms with Crippen molar-refractivity contribution >= 4 is 55.9 Å². The van der Waals surface area contributed by atoms with Crippen molar-refractivity contribution in [3.63, 3.8) is 0 Å². The first-order chi connectivity index (χ1) is 16.4. The van der Waals surface area contributed by atoms with Gasteiger partial charge in [0.05, 0.1) is 17.5 Å². The van der Waals surface area contributed by atoms with Crippen molar-refractivity contribution < 1.29 is 9.53 Å². The van der Waals surface area contributed by atoms with E-state index >= 15 is 0 Å². The smallest absolute Gasteiger partial charge is 0.348 e. The zero-order valence-corrected chi connectivity index (χ0v) is 20.7. The molecule has 4 aromatic rings. The number of carbonyl (C=O) groups is 1. The number of rotatable bonds is 7. The van der Waals surface area contributed by atoms with Crippen LogP contribution >= 0.6 is 22.9 Å². The highest BCUT2D eigenvalue weighted by Crippen LogP contribution is 2.29. The number of aromatic amines is 1. The highest BCUT2D eigenvalue weighted by atomic mass is 35.5. The van der Waals surface area contributed by atoms with E-state index in [1.165, 1.54) is 12.7 Å². The van der Waals surface area contributed by atoms with Gasteiger partial charge in [-0.2, -0.15) is 0 Å². The van der Waals surface area contributed by atoms with Crippen molar-refractivity contribution in [2.45, 2.75) is 20.4 Å². The third-order valence-corrected chi connectivity index (χ3v) is 7.00. The maximum atomic E-state index is 12.7. The molecular weight excluding hydrogens is 470 g/mol. The van der Waals surface area contributed by atoms with Crippen molar-refractivity contribution in [3.05, 3.63) is 92.3 Å². The summed E-state index contributed by atoms with van der Waals surface area (Å²) >= 11 is 7.64. The van der Waals surface area contributed by atoms with Crippen LogP contribution in [0.15, 0.2) is 59.4 Å². The van der Waals surface area contributed by atoms with Gasteiger partial charge in [0.25, 0.3) is 5.56 Å². The minimum atomic E-state index is -0.489. The number of nitrogens with zero attached hydrogens (tertiary/aromatic N) is 2. The number of halogens is 1. The van der Waals surface area contributed by atoms with E-state index in [1.807, 2.05) is 42.5 Å². The number of H-pyrrole nitrogens is 1. The van der Waals surface area contributed by atoms with Gasteiger partial charge in [-0.25, -0.2) is 9.78 Å². The summed E-state index contributed by atoms with van der Waals surface area (Å²) in [6, 6.07) is 18.4. The third kappa shape index (κ3) is 4.90. The Kier molecular flexibility index (Phi) is 7.14. The largest absolute Gasteiger partial charge is 0.465 e. The van der Waals surface area contributed by atoms with Gasteiger partial charge in [0.15, 0.2) is 5.82 Å². The second kappa shape index (κ2) is 10.2. The Morgan fingerprint density at radius 2 is 1.88 bits per heavy atom. The molecule has 34 heavy (non-hydrogen) atoms. The van der Waals surface area contributed by atoms with E-state index in [0.29, 0.717) is 25.7 Å². The van der Waals surface area contributed by atoms with Gasteiger partial charge < -0.3 is 14.6 Å². The van der Waals surface area contributed by atoms with Crippen LogP contribution in [0.1, 0.15) is 39.1 Å². The van der Waals surface area contributed by atoms with Crippen LogP contribution in [-0.4, -0.2) is 29.6 Å². The Labute approximate surface area is 206 Å². The summed E-state index contributed by atoms with van der Waals surface area (Å²) in [4.78, 5) is 35.0.